The zero-order valence-electron chi connectivity index (χ0n) is 10.5. The standard InChI is InChI=1S/C12H28N2/c1-5-11-14(7-3)12(4)9-8-10-13-6-2/h12-13H,5-11H2,1-4H3. The lowest BCUT2D eigenvalue weighted by molar-refractivity contribution is 0.207. The fourth-order valence-electron chi connectivity index (χ4n) is 1.86. The lowest BCUT2D eigenvalue weighted by Crippen LogP contribution is -2.34. The summed E-state index contributed by atoms with van der Waals surface area (Å²) in [6, 6.07) is 0.749. The van der Waals surface area contributed by atoms with E-state index < -0.39 is 0 Å². The summed E-state index contributed by atoms with van der Waals surface area (Å²) < 4.78 is 0. The summed E-state index contributed by atoms with van der Waals surface area (Å²) in [6.45, 7) is 13.7. The van der Waals surface area contributed by atoms with Crippen molar-refractivity contribution in [3.8, 4) is 0 Å². The SMILES string of the molecule is CCCN(CC)C(C)CCCNCC. The Hall–Kier alpha value is -0.0800. The maximum Gasteiger partial charge on any atom is 0.00672 e. The van der Waals surface area contributed by atoms with Crippen molar-refractivity contribution in [2.75, 3.05) is 26.2 Å². The Balaban J connectivity index is 3.52. The Morgan fingerprint density at radius 1 is 1.21 bits per heavy atom. The third kappa shape index (κ3) is 6.39. The normalized spacial score (nSPS) is 13.5. The quantitative estimate of drug-likeness (QED) is 0.575. The van der Waals surface area contributed by atoms with E-state index in [2.05, 4.69) is 37.9 Å². The molecule has 0 fully saturated rings. The van der Waals surface area contributed by atoms with Crippen LogP contribution in [-0.4, -0.2) is 37.1 Å². The number of hydrogen-bond donors (Lipinski definition) is 1. The second-order valence-electron chi connectivity index (χ2n) is 3.97. The molecule has 0 aromatic carbocycles. The molecule has 0 radical (unpaired) electrons. The van der Waals surface area contributed by atoms with Gasteiger partial charge in [0.2, 0.25) is 0 Å². The summed E-state index contributed by atoms with van der Waals surface area (Å²) in [7, 11) is 0. The molecule has 0 rings (SSSR count). The molecule has 1 unspecified atom stereocenters. The molecule has 14 heavy (non-hydrogen) atoms. The Morgan fingerprint density at radius 2 is 1.93 bits per heavy atom. The highest BCUT2D eigenvalue weighted by atomic mass is 15.1. The summed E-state index contributed by atoms with van der Waals surface area (Å²) >= 11 is 0. The lowest BCUT2D eigenvalue weighted by atomic mass is 10.1. The Kier molecular flexibility index (Phi) is 9.42. The molecule has 0 aromatic heterocycles. The van der Waals surface area contributed by atoms with Crippen LogP contribution in [0.3, 0.4) is 0 Å². The van der Waals surface area contributed by atoms with Gasteiger partial charge in [-0.25, -0.2) is 0 Å². The van der Waals surface area contributed by atoms with Crippen molar-refractivity contribution in [1.29, 1.82) is 0 Å². The van der Waals surface area contributed by atoms with Gasteiger partial charge in [-0.05, 0) is 52.4 Å². The summed E-state index contributed by atoms with van der Waals surface area (Å²) in [5, 5.41) is 3.37. The zero-order valence-corrected chi connectivity index (χ0v) is 10.5. The van der Waals surface area contributed by atoms with Crippen LogP contribution >= 0.6 is 0 Å². The summed E-state index contributed by atoms with van der Waals surface area (Å²) in [6.07, 6.45) is 3.89. The Labute approximate surface area is 90.1 Å². The summed E-state index contributed by atoms with van der Waals surface area (Å²) in [5.74, 6) is 0. The first-order valence-corrected chi connectivity index (χ1v) is 6.20. The topological polar surface area (TPSA) is 15.3 Å². The zero-order chi connectivity index (χ0) is 10.8. The maximum absolute atomic E-state index is 3.37. The van der Waals surface area contributed by atoms with Gasteiger partial charge in [0.25, 0.3) is 0 Å². The van der Waals surface area contributed by atoms with Gasteiger partial charge in [-0.2, -0.15) is 0 Å². The van der Waals surface area contributed by atoms with Crippen LogP contribution in [0.4, 0.5) is 0 Å². The number of rotatable bonds is 9. The fraction of sp³-hybridized carbons (Fsp3) is 1.00. The molecular formula is C12H28N2. The molecule has 0 aromatic rings. The second kappa shape index (κ2) is 9.47. The van der Waals surface area contributed by atoms with E-state index in [1.165, 1.54) is 38.9 Å². The third-order valence-corrected chi connectivity index (χ3v) is 2.77. The summed E-state index contributed by atoms with van der Waals surface area (Å²) in [4.78, 5) is 2.58. The first-order valence-electron chi connectivity index (χ1n) is 6.20. The van der Waals surface area contributed by atoms with Gasteiger partial charge in [0.05, 0.1) is 0 Å². The van der Waals surface area contributed by atoms with Crippen LogP contribution in [0.1, 0.15) is 47.0 Å². The minimum Gasteiger partial charge on any atom is -0.317 e. The molecule has 86 valence electrons. The van der Waals surface area contributed by atoms with Gasteiger partial charge < -0.3 is 10.2 Å². The van der Waals surface area contributed by atoms with E-state index in [-0.39, 0.29) is 0 Å². The fourth-order valence-corrected chi connectivity index (χ4v) is 1.86. The van der Waals surface area contributed by atoms with Gasteiger partial charge in [-0.15, -0.1) is 0 Å². The molecule has 0 heterocycles. The van der Waals surface area contributed by atoms with Gasteiger partial charge in [0.15, 0.2) is 0 Å². The molecule has 0 saturated carbocycles. The molecule has 1 N–H and O–H groups in total. The van der Waals surface area contributed by atoms with Gasteiger partial charge in [-0.3, -0.25) is 0 Å². The minimum absolute atomic E-state index is 0.749. The highest BCUT2D eigenvalue weighted by molar-refractivity contribution is 4.65. The van der Waals surface area contributed by atoms with Crippen LogP contribution in [0.15, 0.2) is 0 Å². The van der Waals surface area contributed by atoms with Crippen molar-refractivity contribution in [3.63, 3.8) is 0 Å². The second-order valence-corrected chi connectivity index (χ2v) is 3.97. The van der Waals surface area contributed by atoms with Crippen molar-refractivity contribution >= 4 is 0 Å². The van der Waals surface area contributed by atoms with Crippen LogP contribution in [0, 0.1) is 0 Å². The Bertz CT molecular complexity index is 115. The van der Waals surface area contributed by atoms with Gasteiger partial charge in [0, 0.05) is 6.04 Å². The summed E-state index contributed by atoms with van der Waals surface area (Å²) in [5.41, 5.74) is 0. The molecule has 0 aliphatic heterocycles. The van der Waals surface area contributed by atoms with E-state index in [0.717, 1.165) is 12.6 Å². The number of hydrogen-bond acceptors (Lipinski definition) is 2. The van der Waals surface area contributed by atoms with Crippen LogP contribution in [0.5, 0.6) is 0 Å². The van der Waals surface area contributed by atoms with Gasteiger partial charge >= 0.3 is 0 Å². The highest BCUT2D eigenvalue weighted by Crippen LogP contribution is 2.06. The lowest BCUT2D eigenvalue weighted by Gasteiger charge is -2.27. The Morgan fingerprint density at radius 3 is 2.43 bits per heavy atom. The van der Waals surface area contributed by atoms with E-state index in [9.17, 15) is 0 Å². The highest BCUT2D eigenvalue weighted by Gasteiger charge is 2.09. The number of nitrogens with zero attached hydrogens (tertiary/aromatic N) is 1. The molecule has 0 aliphatic rings. The largest absolute Gasteiger partial charge is 0.317 e. The van der Waals surface area contributed by atoms with Crippen molar-refractivity contribution in [3.05, 3.63) is 0 Å². The van der Waals surface area contributed by atoms with E-state index in [1.54, 1.807) is 0 Å². The van der Waals surface area contributed by atoms with E-state index in [1.807, 2.05) is 0 Å². The molecular weight excluding hydrogens is 172 g/mol. The van der Waals surface area contributed by atoms with Crippen LogP contribution in [0.25, 0.3) is 0 Å². The molecule has 1 atom stereocenters. The number of nitrogens with one attached hydrogen (secondary N) is 1. The first-order chi connectivity index (χ1) is 6.76. The van der Waals surface area contributed by atoms with E-state index in [0.29, 0.717) is 0 Å². The molecule has 0 amide bonds. The molecule has 0 bridgehead atoms. The van der Waals surface area contributed by atoms with E-state index in [4.69, 9.17) is 0 Å². The predicted molar refractivity (Wildman–Crippen MR) is 64.8 cm³/mol. The van der Waals surface area contributed by atoms with Crippen LogP contribution < -0.4 is 5.32 Å². The van der Waals surface area contributed by atoms with Crippen molar-refractivity contribution in [2.24, 2.45) is 0 Å². The molecule has 0 aliphatic carbocycles. The average Bonchev–Trinajstić information content (AvgIpc) is 2.20. The van der Waals surface area contributed by atoms with Crippen molar-refractivity contribution in [1.82, 2.24) is 10.2 Å². The average molecular weight is 200 g/mol. The van der Waals surface area contributed by atoms with Crippen LogP contribution in [0.2, 0.25) is 0 Å². The van der Waals surface area contributed by atoms with Gasteiger partial charge in [-0.1, -0.05) is 20.8 Å². The molecule has 2 nitrogen and oxygen atoms in total. The third-order valence-electron chi connectivity index (χ3n) is 2.77. The van der Waals surface area contributed by atoms with Crippen molar-refractivity contribution in [2.45, 2.75) is 53.0 Å². The van der Waals surface area contributed by atoms with Gasteiger partial charge in [0.1, 0.15) is 0 Å². The van der Waals surface area contributed by atoms with Crippen molar-refractivity contribution < 1.29 is 0 Å². The monoisotopic (exact) mass is 200 g/mol. The maximum atomic E-state index is 3.37. The van der Waals surface area contributed by atoms with E-state index >= 15 is 0 Å². The minimum atomic E-state index is 0.749. The first kappa shape index (κ1) is 13.9. The molecule has 0 saturated heterocycles. The molecule has 0 spiro atoms. The van der Waals surface area contributed by atoms with Crippen LogP contribution in [-0.2, 0) is 0 Å². The predicted octanol–water partition coefficient (Wildman–Crippen LogP) is 2.50. The smallest absolute Gasteiger partial charge is 0.00672 e. The molecule has 2 heteroatoms.